The smallest absolute Gasteiger partial charge is 0.127 e. The standard InChI is InChI=1S/C8H9N3O/c9-7(6-1-4-12-5-6)8-10-2-3-11-8/h1-5,7H,9H2,(H,10,11). The van der Waals surface area contributed by atoms with Gasteiger partial charge in [0, 0.05) is 18.0 Å². The second-order valence-electron chi connectivity index (χ2n) is 2.51. The van der Waals surface area contributed by atoms with Gasteiger partial charge >= 0.3 is 0 Å². The summed E-state index contributed by atoms with van der Waals surface area (Å²) in [6.45, 7) is 0. The van der Waals surface area contributed by atoms with E-state index in [0.29, 0.717) is 0 Å². The Morgan fingerprint density at radius 2 is 2.50 bits per heavy atom. The molecule has 0 amide bonds. The number of hydrogen-bond acceptors (Lipinski definition) is 3. The maximum atomic E-state index is 5.85. The molecule has 12 heavy (non-hydrogen) atoms. The van der Waals surface area contributed by atoms with Crippen molar-refractivity contribution in [1.82, 2.24) is 9.97 Å². The highest BCUT2D eigenvalue weighted by Crippen LogP contribution is 2.15. The topological polar surface area (TPSA) is 67.8 Å². The lowest BCUT2D eigenvalue weighted by atomic mass is 10.1. The number of H-pyrrole nitrogens is 1. The summed E-state index contributed by atoms with van der Waals surface area (Å²) in [5.74, 6) is 0.747. The summed E-state index contributed by atoms with van der Waals surface area (Å²) in [7, 11) is 0. The molecule has 1 atom stereocenters. The minimum absolute atomic E-state index is 0.223. The Balaban J connectivity index is 2.27. The highest BCUT2D eigenvalue weighted by atomic mass is 16.3. The van der Waals surface area contributed by atoms with Crippen molar-refractivity contribution in [3.63, 3.8) is 0 Å². The van der Waals surface area contributed by atoms with E-state index < -0.39 is 0 Å². The molecule has 0 saturated heterocycles. The molecule has 2 aromatic heterocycles. The van der Waals surface area contributed by atoms with Gasteiger partial charge in [-0.3, -0.25) is 0 Å². The van der Waals surface area contributed by atoms with Crippen molar-refractivity contribution in [2.45, 2.75) is 6.04 Å². The van der Waals surface area contributed by atoms with Gasteiger partial charge in [0.2, 0.25) is 0 Å². The summed E-state index contributed by atoms with van der Waals surface area (Å²) in [5, 5.41) is 0. The first-order chi connectivity index (χ1) is 5.88. The van der Waals surface area contributed by atoms with E-state index in [9.17, 15) is 0 Å². The van der Waals surface area contributed by atoms with Gasteiger partial charge in [-0.1, -0.05) is 0 Å². The summed E-state index contributed by atoms with van der Waals surface area (Å²) in [6.07, 6.45) is 6.63. The third-order valence-corrected chi connectivity index (χ3v) is 1.72. The Labute approximate surface area is 69.4 Å². The van der Waals surface area contributed by atoms with Crippen LogP contribution in [0.5, 0.6) is 0 Å². The maximum Gasteiger partial charge on any atom is 0.127 e. The van der Waals surface area contributed by atoms with Crippen molar-refractivity contribution < 1.29 is 4.42 Å². The van der Waals surface area contributed by atoms with E-state index in [1.165, 1.54) is 0 Å². The van der Waals surface area contributed by atoms with Crippen molar-refractivity contribution in [2.24, 2.45) is 5.73 Å². The van der Waals surface area contributed by atoms with E-state index in [-0.39, 0.29) is 6.04 Å². The number of imidazole rings is 1. The molecule has 4 heteroatoms. The molecule has 2 aromatic rings. The summed E-state index contributed by atoms with van der Waals surface area (Å²) in [6, 6.07) is 1.60. The lowest BCUT2D eigenvalue weighted by Crippen LogP contribution is -2.12. The first-order valence-electron chi connectivity index (χ1n) is 3.65. The van der Waals surface area contributed by atoms with E-state index in [0.717, 1.165) is 11.4 Å². The van der Waals surface area contributed by atoms with Crippen LogP contribution < -0.4 is 5.73 Å². The molecule has 3 N–H and O–H groups in total. The van der Waals surface area contributed by atoms with Gasteiger partial charge in [-0.05, 0) is 6.07 Å². The van der Waals surface area contributed by atoms with Gasteiger partial charge in [0.1, 0.15) is 5.82 Å². The van der Waals surface area contributed by atoms with Crippen LogP contribution in [0.2, 0.25) is 0 Å². The summed E-state index contributed by atoms with van der Waals surface area (Å²) >= 11 is 0. The Bertz CT molecular complexity index is 291. The molecule has 2 heterocycles. The van der Waals surface area contributed by atoms with Crippen LogP contribution in [0.1, 0.15) is 17.4 Å². The van der Waals surface area contributed by atoms with Crippen LogP contribution in [0.25, 0.3) is 0 Å². The number of rotatable bonds is 2. The van der Waals surface area contributed by atoms with E-state index in [1.807, 2.05) is 6.07 Å². The van der Waals surface area contributed by atoms with Crippen LogP contribution >= 0.6 is 0 Å². The monoisotopic (exact) mass is 163 g/mol. The molecule has 0 radical (unpaired) electrons. The van der Waals surface area contributed by atoms with Crippen LogP contribution in [-0.4, -0.2) is 9.97 Å². The SMILES string of the molecule is NC(c1ccoc1)c1ncc[nH]1. The molecular formula is C8H9N3O. The van der Waals surface area contributed by atoms with Gasteiger partial charge < -0.3 is 15.1 Å². The molecule has 0 saturated carbocycles. The average molecular weight is 163 g/mol. The highest BCUT2D eigenvalue weighted by molar-refractivity contribution is 5.18. The van der Waals surface area contributed by atoms with Crippen LogP contribution in [-0.2, 0) is 0 Å². The zero-order valence-corrected chi connectivity index (χ0v) is 6.40. The predicted octanol–water partition coefficient (Wildman–Crippen LogP) is 1.05. The number of hydrogen-bond donors (Lipinski definition) is 2. The molecule has 62 valence electrons. The molecular weight excluding hydrogens is 154 g/mol. The van der Waals surface area contributed by atoms with Crippen molar-refractivity contribution in [1.29, 1.82) is 0 Å². The summed E-state index contributed by atoms with van der Waals surface area (Å²) in [4.78, 5) is 7.00. The van der Waals surface area contributed by atoms with Gasteiger partial charge in [0.15, 0.2) is 0 Å². The van der Waals surface area contributed by atoms with E-state index in [1.54, 1.807) is 24.9 Å². The van der Waals surface area contributed by atoms with E-state index >= 15 is 0 Å². The number of nitrogens with two attached hydrogens (primary N) is 1. The largest absolute Gasteiger partial charge is 0.472 e. The molecule has 4 nitrogen and oxygen atoms in total. The third kappa shape index (κ3) is 1.12. The predicted molar refractivity (Wildman–Crippen MR) is 43.3 cm³/mol. The number of aromatic nitrogens is 2. The Morgan fingerprint density at radius 1 is 1.58 bits per heavy atom. The molecule has 0 aromatic carbocycles. The van der Waals surface area contributed by atoms with Crippen molar-refractivity contribution in [3.8, 4) is 0 Å². The molecule has 1 unspecified atom stereocenters. The lowest BCUT2D eigenvalue weighted by molar-refractivity contribution is 0.561. The highest BCUT2D eigenvalue weighted by Gasteiger charge is 2.11. The minimum atomic E-state index is -0.223. The third-order valence-electron chi connectivity index (χ3n) is 1.72. The second-order valence-corrected chi connectivity index (χ2v) is 2.51. The molecule has 0 spiro atoms. The zero-order valence-electron chi connectivity index (χ0n) is 6.40. The quantitative estimate of drug-likeness (QED) is 0.695. The maximum absolute atomic E-state index is 5.85. The van der Waals surface area contributed by atoms with Crippen molar-refractivity contribution >= 4 is 0 Å². The van der Waals surface area contributed by atoms with E-state index in [2.05, 4.69) is 9.97 Å². The Kier molecular flexibility index (Phi) is 1.68. The average Bonchev–Trinajstić information content (AvgIpc) is 2.77. The first kappa shape index (κ1) is 7.12. The second kappa shape index (κ2) is 2.83. The van der Waals surface area contributed by atoms with Gasteiger partial charge in [-0.25, -0.2) is 4.98 Å². The number of furan rings is 1. The van der Waals surface area contributed by atoms with Crippen LogP contribution in [0.3, 0.4) is 0 Å². The Morgan fingerprint density at radius 3 is 3.08 bits per heavy atom. The fourth-order valence-electron chi connectivity index (χ4n) is 1.06. The molecule has 0 aliphatic carbocycles. The lowest BCUT2D eigenvalue weighted by Gasteiger charge is -2.03. The molecule has 0 aliphatic rings. The summed E-state index contributed by atoms with van der Waals surface area (Å²) in [5.41, 5.74) is 6.77. The van der Waals surface area contributed by atoms with Gasteiger partial charge in [0.05, 0.1) is 18.6 Å². The molecule has 0 aliphatic heterocycles. The number of nitrogens with zero attached hydrogens (tertiary/aromatic N) is 1. The van der Waals surface area contributed by atoms with Gasteiger partial charge in [-0.2, -0.15) is 0 Å². The molecule has 0 fully saturated rings. The van der Waals surface area contributed by atoms with Gasteiger partial charge in [-0.15, -0.1) is 0 Å². The normalized spacial score (nSPS) is 13.1. The molecule has 0 bridgehead atoms. The van der Waals surface area contributed by atoms with Crippen molar-refractivity contribution in [3.05, 3.63) is 42.4 Å². The minimum Gasteiger partial charge on any atom is -0.472 e. The zero-order chi connectivity index (χ0) is 8.39. The Hall–Kier alpha value is -1.55. The van der Waals surface area contributed by atoms with Crippen molar-refractivity contribution in [2.75, 3.05) is 0 Å². The fraction of sp³-hybridized carbons (Fsp3) is 0.125. The fourth-order valence-corrected chi connectivity index (χ4v) is 1.06. The van der Waals surface area contributed by atoms with Crippen LogP contribution in [0, 0.1) is 0 Å². The number of aromatic amines is 1. The summed E-state index contributed by atoms with van der Waals surface area (Å²) < 4.78 is 4.91. The van der Waals surface area contributed by atoms with Crippen LogP contribution in [0.4, 0.5) is 0 Å². The molecule has 2 rings (SSSR count). The first-order valence-corrected chi connectivity index (χ1v) is 3.65. The number of nitrogens with one attached hydrogen (secondary N) is 1. The van der Waals surface area contributed by atoms with E-state index in [4.69, 9.17) is 10.2 Å². The van der Waals surface area contributed by atoms with Gasteiger partial charge in [0.25, 0.3) is 0 Å². The van der Waals surface area contributed by atoms with Crippen LogP contribution in [0.15, 0.2) is 35.4 Å².